The van der Waals surface area contributed by atoms with Gasteiger partial charge in [-0.15, -0.1) is 0 Å². The number of rotatable bonds is 3. The minimum atomic E-state index is -0.943. The highest BCUT2D eigenvalue weighted by Gasteiger charge is 2.25. The van der Waals surface area contributed by atoms with E-state index in [1.165, 1.54) is 4.90 Å². The maximum absolute atomic E-state index is 11.9. The van der Waals surface area contributed by atoms with Crippen molar-refractivity contribution in [3.8, 4) is 0 Å². The van der Waals surface area contributed by atoms with Crippen LogP contribution in [0.15, 0.2) is 0 Å². The van der Waals surface area contributed by atoms with Crippen molar-refractivity contribution in [1.82, 2.24) is 4.90 Å². The summed E-state index contributed by atoms with van der Waals surface area (Å²) in [7, 11) is 0. The van der Waals surface area contributed by atoms with Crippen LogP contribution in [0, 0.1) is 5.92 Å². The fourth-order valence-corrected chi connectivity index (χ4v) is 2.19. The molecule has 0 aromatic rings. The van der Waals surface area contributed by atoms with E-state index in [0.29, 0.717) is 12.3 Å². The van der Waals surface area contributed by atoms with Crippen LogP contribution in [0.1, 0.15) is 25.7 Å². The Morgan fingerprint density at radius 3 is 2.80 bits per heavy atom. The summed E-state index contributed by atoms with van der Waals surface area (Å²) >= 11 is 4.14. The van der Waals surface area contributed by atoms with E-state index in [1.807, 2.05) is 0 Å². The Kier molecular flexibility index (Phi) is 4.94. The van der Waals surface area contributed by atoms with Crippen LogP contribution in [0.25, 0.3) is 0 Å². The Balaban J connectivity index is 2.64. The van der Waals surface area contributed by atoms with Gasteiger partial charge in [-0.05, 0) is 12.8 Å². The number of aliphatic carboxylic acids is 1. The molecular weight excluding hydrogens is 214 g/mol. The van der Waals surface area contributed by atoms with E-state index < -0.39 is 5.97 Å². The smallest absolute Gasteiger partial charge is 0.323 e. The maximum atomic E-state index is 11.9. The molecule has 1 rings (SSSR count). The molecule has 5 heteroatoms. The Morgan fingerprint density at radius 2 is 2.20 bits per heavy atom. The molecule has 1 aliphatic rings. The molecule has 1 heterocycles. The second kappa shape index (κ2) is 6.00. The van der Waals surface area contributed by atoms with Crippen LogP contribution in [0.2, 0.25) is 0 Å². The lowest BCUT2D eigenvalue weighted by Gasteiger charge is -2.27. The number of carboxylic acid groups (broad SMARTS) is 1. The first kappa shape index (κ1) is 12.4. The number of carboxylic acids is 1. The minimum absolute atomic E-state index is 0.0490. The summed E-state index contributed by atoms with van der Waals surface area (Å²) in [6.07, 6.45) is 3.84. The van der Waals surface area contributed by atoms with Crippen molar-refractivity contribution in [2.24, 2.45) is 5.92 Å². The highest BCUT2D eigenvalue weighted by molar-refractivity contribution is 7.80. The van der Waals surface area contributed by atoms with E-state index in [1.54, 1.807) is 0 Å². The quantitative estimate of drug-likeness (QED) is 0.713. The molecule has 0 radical (unpaired) electrons. The van der Waals surface area contributed by atoms with Gasteiger partial charge in [-0.1, -0.05) is 12.8 Å². The van der Waals surface area contributed by atoms with Gasteiger partial charge in [-0.25, -0.2) is 0 Å². The van der Waals surface area contributed by atoms with Crippen molar-refractivity contribution >= 4 is 24.5 Å². The lowest BCUT2D eigenvalue weighted by atomic mass is 9.99. The summed E-state index contributed by atoms with van der Waals surface area (Å²) < 4.78 is 0. The number of likely N-dealkylation sites (tertiary alicyclic amines) is 1. The normalized spacial score (nSPS) is 23.4. The third-order valence-corrected chi connectivity index (χ3v) is 3.13. The van der Waals surface area contributed by atoms with Crippen LogP contribution >= 0.6 is 12.6 Å². The minimum Gasteiger partial charge on any atom is -0.480 e. The summed E-state index contributed by atoms with van der Waals surface area (Å²) in [5.74, 6) is -0.587. The molecule has 86 valence electrons. The van der Waals surface area contributed by atoms with Crippen LogP contribution in [0.3, 0.4) is 0 Å². The summed E-state index contributed by atoms with van der Waals surface area (Å²) in [6.45, 7) is 0.387. The predicted octanol–water partition coefficient (Wildman–Crippen LogP) is 1.02. The van der Waals surface area contributed by atoms with Crippen molar-refractivity contribution in [1.29, 1.82) is 0 Å². The van der Waals surface area contributed by atoms with Gasteiger partial charge < -0.3 is 10.0 Å². The van der Waals surface area contributed by atoms with Crippen molar-refractivity contribution in [3.05, 3.63) is 0 Å². The Hall–Kier alpha value is -0.710. The SMILES string of the molecule is O=C(O)CN1CCCCCC(CS)C1=O. The topological polar surface area (TPSA) is 57.6 Å². The van der Waals surface area contributed by atoms with Gasteiger partial charge in [0.1, 0.15) is 6.54 Å². The number of thiol groups is 1. The summed E-state index contributed by atoms with van der Waals surface area (Å²) in [6, 6.07) is 0. The molecule has 1 N–H and O–H groups in total. The zero-order valence-electron chi connectivity index (χ0n) is 8.69. The Morgan fingerprint density at radius 1 is 1.47 bits per heavy atom. The first-order valence-corrected chi connectivity index (χ1v) is 5.90. The lowest BCUT2D eigenvalue weighted by Crippen LogP contribution is -2.41. The van der Waals surface area contributed by atoms with Crippen LogP contribution in [0.4, 0.5) is 0 Å². The predicted molar refractivity (Wildman–Crippen MR) is 60.0 cm³/mol. The zero-order chi connectivity index (χ0) is 11.3. The summed E-state index contributed by atoms with van der Waals surface area (Å²) in [5, 5.41) is 8.69. The second-order valence-electron chi connectivity index (χ2n) is 3.88. The molecule has 0 aliphatic carbocycles. The molecule has 0 saturated carbocycles. The number of hydrogen-bond donors (Lipinski definition) is 2. The van der Waals surface area contributed by atoms with Crippen LogP contribution in [-0.2, 0) is 9.59 Å². The van der Waals surface area contributed by atoms with E-state index in [-0.39, 0.29) is 18.4 Å². The van der Waals surface area contributed by atoms with E-state index in [9.17, 15) is 9.59 Å². The molecule has 1 atom stereocenters. The van der Waals surface area contributed by atoms with E-state index in [2.05, 4.69) is 12.6 Å². The molecule has 0 aromatic carbocycles. The highest BCUT2D eigenvalue weighted by atomic mass is 32.1. The molecular formula is C10H17NO3S. The highest BCUT2D eigenvalue weighted by Crippen LogP contribution is 2.18. The average Bonchev–Trinajstić information content (AvgIpc) is 2.18. The van der Waals surface area contributed by atoms with Crippen molar-refractivity contribution < 1.29 is 14.7 Å². The van der Waals surface area contributed by atoms with Gasteiger partial charge in [0.2, 0.25) is 5.91 Å². The monoisotopic (exact) mass is 231 g/mol. The maximum Gasteiger partial charge on any atom is 0.323 e. The van der Waals surface area contributed by atoms with Gasteiger partial charge in [0.15, 0.2) is 0 Å². The van der Waals surface area contributed by atoms with Gasteiger partial charge in [0.05, 0.1) is 0 Å². The standard InChI is InChI=1S/C10H17NO3S/c12-9(13)6-11-5-3-1-2-4-8(7-15)10(11)14/h8,15H,1-7H2,(H,12,13). The van der Waals surface area contributed by atoms with E-state index in [0.717, 1.165) is 25.7 Å². The molecule has 0 aromatic heterocycles. The lowest BCUT2D eigenvalue weighted by molar-refractivity contribution is -0.146. The molecule has 15 heavy (non-hydrogen) atoms. The zero-order valence-corrected chi connectivity index (χ0v) is 9.58. The van der Waals surface area contributed by atoms with Crippen LogP contribution in [0.5, 0.6) is 0 Å². The third-order valence-electron chi connectivity index (χ3n) is 2.69. The van der Waals surface area contributed by atoms with Gasteiger partial charge in [0.25, 0.3) is 0 Å². The molecule has 1 amide bonds. The number of carbonyl (C=O) groups excluding carboxylic acids is 1. The van der Waals surface area contributed by atoms with E-state index in [4.69, 9.17) is 5.11 Å². The Labute approximate surface area is 95.1 Å². The van der Waals surface area contributed by atoms with Crippen molar-refractivity contribution in [2.45, 2.75) is 25.7 Å². The first-order chi connectivity index (χ1) is 7.15. The fraction of sp³-hybridized carbons (Fsp3) is 0.800. The van der Waals surface area contributed by atoms with Gasteiger partial charge in [-0.2, -0.15) is 12.6 Å². The molecule has 1 aliphatic heterocycles. The molecule has 0 spiro atoms. The summed E-state index contributed by atoms with van der Waals surface area (Å²) in [5.41, 5.74) is 0. The average molecular weight is 231 g/mol. The van der Waals surface area contributed by atoms with E-state index >= 15 is 0 Å². The first-order valence-electron chi connectivity index (χ1n) is 5.26. The number of nitrogens with zero attached hydrogens (tertiary/aromatic N) is 1. The molecule has 4 nitrogen and oxygen atoms in total. The van der Waals surface area contributed by atoms with Gasteiger partial charge in [0, 0.05) is 18.2 Å². The van der Waals surface area contributed by atoms with Crippen LogP contribution in [-0.4, -0.2) is 40.7 Å². The fourth-order valence-electron chi connectivity index (χ4n) is 1.85. The largest absolute Gasteiger partial charge is 0.480 e. The molecule has 0 bridgehead atoms. The number of carbonyl (C=O) groups is 2. The van der Waals surface area contributed by atoms with Gasteiger partial charge in [-0.3, -0.25) is 9.59 Å². The molecule has 1 unspecified atom stereocenters. The number of amides is 1. The second-order valence-corrected chi connectivity index (χ2v) is 4.25. The van der Waals surface area contributed by atoms with Crippen LogP contribution < -0.4 is 0 Å². The summed E-state index contributed by atoms with van der Waals surface area (Å²) in [4.78, 5) is 23.9. The van der Waals surface area contributed by atoms with Gasteiger partial charge >= 0.3 is 5.97 Å². The third kappa shape index (κ3) is 3.74. The molecule has 1 fully saturated rings. The number of hydrogen-bond acceptors (Lipinski definition) is 3. The molecule has 1 saturated heterocycles. The Bertz CT molecular complexity index is 245. The van der Waals surface area contributed by atoms with Crippen molar-refractivity contribution in [2.75, 3.05) is 18.8 Å². The van der Waals surface area contributed by atoms with Crippen molar-refractivity contribution in [3.63, 3.8) is 0 Å².